The zero-order valence-corrected chi connectivity index (χ0v) is 34.5. The van der Waals surface area contributed by atoms with Gasteiger partial charge in [-0.15, -0.1) is 0 Å². The number of aryl methyl sites for hydroxylation is 3. The van der Waals surface area contributed by atoms with E-state index >= 15 is 0 Å². The number of hydrogen-bond donors (Lipinski definition) is 4. The summed E-state index contributed by atoms with van der Waals surface area (Å²) >= 11 is 0. The highest BCUT2D eigenvalue weighted by molar-refractivity contribution is 5.79. The van der Waals surface area contributed by atoms with Crippen molar-refractivity contribution in [2.75, 3.05) is 0 Å². The molecular weight excluding hydrogens is 693 g/mol. The Morgan fingerprint density at radius 3 is 1.69 bits per heavy atom. The van der Waals surface area contributed by atoms with Gasteiger partial charge in [0.15, 0.2) is 0 Å². The summed E-state index contributed by atoms with van der Waals surface area (Å²) in [5, 5.41) is 39.3. The smallest absolute Gasteiger partial charge is 0.309 e. The van der Waals surface area contributed by atoms with Gasteiger partial charge in [-0.3, -0.25) is 19.2 Å². The Balaban J connectivity index is 1.38. The van der Waals surface area contributed by atoms with Gasteiger partial charge in [0.05, 0.1) is 21.7 Å². The number of rotatable bonds is 26. The molecule has 4 N–H and O–H groups in total. The third-order valence-corrected chi connectivity index (χ3v) is 13.6. The molecule has 304 valence electrons. The summed E-state index contributed by atoms with van der Waals surface area (Å²) in [6.45, 7) is 11.4. The molecule has 0 bridgehead atoms. The number of unbranched alkanes of at least 4 members (excludes halogenated alkanes) is 4. The first-order valence-electron chi connectivity index (χ1n) is 21.0. The number of benzene rings is 2. The van der Waals surface area contributed by atoms with E-state index in [1.54, 1.807) is 27.7 Å². The van der Waals surface area contributed by atoms with Gasteiger partial charge in [-0.1, -0.05) is 56.0 Å². The molecule has 8 heteroatoms. The summed E-state index contributed by atoms with van der Waals surface area (Å²) in [6.07, 6.45) is 16.0. The van der Waals surface area contributed by atoms with Crippen molar-refractivity contribution in [3.63, 3.8) is 0 Å². The Morgan fingerprint density at radius 1 is 0.618 bits per heavy atom. The lowest BCUT2D eigenvalue weighted by Gasteiger charge is -2.20. The molecule has 0 heterocycles. The first-order chi connectivity index (χ1) is 25.8. The van der Waals surface area contributed by atoms with E-state index in [0.29, 0.717) is 32.1 Å². The summed E-state index contributed by atoms with van der Waals surface area (Å²) in [4.78, 5) is 47.8. The van der Waals surface area contributed by atoms with Gasteiger partial charge in [0.2, 0.25) is 0 Å². The standard InChI is InChI=1S/C47H68O8/c1-32-22-23-35(17-7-11-24-44(3,4)40(48)49)38(33(32)2)20-10-14-27-47(43(54)55)31-37(47)30-36-19-15-18-34(16-8-13-26-46(28-29-46)42(52)53)39(36)21-9-12-25-45(5,6)41(50)51/h15,18-19,22-23,37H,7-14,16-17,20-21,24-31H2,1-6H3,(H,48,49)(H,50,51)(H,52,53)(H,54,55). The van der Waals surface area contributed by atoms with Gasteiger partial charge in [0.1, 0.15) is 0 Å². The molecule has 0 saturated heterocycles. The van der Waals surface area contributed by atoms with Crippen LogP contribution in [-0.2, 0) is 51.3 Å². The molecule has 0 aromatic heterocycles. The Morgan fingerprint density at radius 2 is 1.13 bits per heavy atom. The molecule has 2 aromatic rings. The first-order valence-corrected chi connectivity index (χ1v) is 21.0. The Labute approximate surface area is 329 Å². The second kappa shape index (κ2) is 18.5. The van der Waals surface area contributed by atoms with Crippen LogP contribution >= 0.6 is 0 Å². The maximum Gasteiger partial charge on any atom is 0.309 e. The molecule has 0 radical (unpaired) electrons. The molecule has 0 aliphatic heterocycles. The van der Waals surface area contributed by atoms with E-state index < -0.39 is 45.5 Å². The Kier molecular flexibility index (Phi) is 14.8. The summed E-state index contributed by atoms with van der Waals surface area (Å²) in [5.41, 5.74) is 6.24. The van der Waals surface area contributed by atoms with Crippen molar-refractivity contribution in [2.45, 2.75) is 170 Å². The van der Waals surface area contributed by atoms with Gasteiger partial charge in [-0.2, -0.15) is 0 Å². The van der Waals surface area contributed by atoms with Crippen molar-refractivity contribution in [2.24, 2.45) is 27.6 Å². The maximum absolute atomic E-state index is 12.9. The summed E-state index contributed by atoms with van der Waals surface area (Å²) in [6, 6.07) is 10.8. The van der Waals surface area contributed by atoms with Crippen molar-refractivity contribution in [1.82, 2.24) is 0 Å². The third-order valence-electron chi connectivity index (χ3n) is 13.6. The number of carboxylic acid groups (broad SMARTS) is 4. The van der Waals surface area contributed by atoms with Crippen LogP contribution in [0.4, 0.5) is 0 Å². The molecule has 0 spiro atoms. The van der Waals surface area contributed by atoms with Crippen molar-refractivity contribution in [3.05, 3.63) is 69.3 Å². The molecule has 2 atom stereocenters. The fraction of sp³-hybridized carbons (Fsp3) is 0.660. The minimum atomic E-state index is -0.786. The second-order valence-corrected chi connectivity index (χ2v) is 18.6. The third kappa shape index (κ3) is 11.4. The van der Waals surface area contributed by atoms with Gasteiger partial charge in [0.25, 0.3) is 0 Å². The largest absolute Gasteiger partial charge is 0.481 e. The number of aliphatic carboxylic acids is 4. The molecule has 0 amide bonds. The number of carbonyl (C=O) groups is 4. The summed E-state index contributed by atoms with van der Waals surface area (Å²) < 4.78 is 0. The van der Waals surface area contributed by atoms with Gasteiger partial charge in [-0.05, 0) is 189 Å². The molecule has 55 heavy (non-hydrogen) atoms. The topological polar surface area (TPSA) is 149 Å². The number of hydrogen-bond acceptors (Lipinski definition) is 4. The van der Waals surface area contributed by atoms with Crippen LogP contribution in [-0.4, -0.2) is 44.3 Å². The molecule has 4 rings (SSSR count). The summed E-state index contributed by atoms with van der Waals surface area (Å²) in [7, 11) is 0. The molecule has 2 aromatic carbocycles. The SMILES string of the molecule is Cc1ccc(CCCCC(C)(C)C(=O)O)c(CCCCC2(C(=O)O)CC2Cc2cccc(CCCCC3(C(=O)O)CC3)c2CCCCC(C)(C)C(=O)O)c1C. The fourth-order valence-corrected chi connectivity index (χ4v) is 8.74. The van der Waals surface area contributed by atoms with Crippen molar-refractivity contribution >= 4 is 23.9 Å². The normalized spacial score (nSPS) is 18.9. The van der Waals surface area contributed by atoms with Crippen LogP contribution in [0, 0.1) is 41.4 Å². The molecule has 2 fully saturated rings. The fourth-order valence-electron chi connectivity index (χ4n) is 8.74. The van der Waals surface area contributed by atoms with Crippen LogP contribution in [0.5, 0.6) is 0 Å². The van der Waals surface area contributed by atoms with Crippen LogP contribution in [0.15, 0.2) is 30.3 Å². The van der Waals surface area contributed by atoms with Crippen LogP contribution in [0.2, 0.25) is 0 Å². The van der Waals surface area contributed by atoms with Gasteiger partial charge >= 0.3 is 23.9 Å². The lowest BCUT2D eigenvalue weighted by molar-refractivity contribution is -0.148. The molecule has 2 unspecified atom stereocenters. The minimum Gasteiger partial charge on any atom is -0.481 e. The zero-order valence-electron chi connectivity index (χ0n) is 34.5. The average molecular weight is 761 g/mol. The van der Waals surface area contributed by atoms with Crippen molar-refractivity contribution < 1.29 is 39.6 Å². The van der Waals surface area contributed by atoms with Gasteiger partial charge in [-0.25, -0.2) is 0 Å². The van der Waals surface area contributed by atoms with E-state index in [-0.39, 0.29) is 5.92 Å². The Bertz CT molecular complexity index is 1680. The van der Waals surface area contributed by atoms with E-state index in [1.807, 2.05) is 0 Å². The quantitative estimate of drug-likeness (QED) is 0.0692. The minimum absolute atomic E-state index is 0.0709. The van der Waals surface area contributed by atoms with E-state index in [4.69, 9.17) is 0 Å². The average Bonchev–Trinajstić information content (AvgIpc) is 4.05. The molecule has 2 aliphatic carbocycles. The maximum atomic E-state index is 12.9. The van der Waals surface area contributed by atoms with E-state index in [1.165, 1.54) is 38.9 Å². The zero-order chi connectivity index (χ0) is 40.6. The van der Waals surface area contributed by atoms with E-state index in [9.17, 15) is 39.6 Å². The monoisotopic (exact) mass is 760 g/mol. The van der Waals surface area contributed by atoms with Crippen LogP contribution in [0.1, 0.15) is 163 Å². The van der Waals surface area contributed by atoms with Crippen LogP contribution in [0.3, 0.4) is 0 Å². The predicted molar refractivity (Wildman–Crippen MR) is 217 cm³/mol. The summed E-state index contributed by atoms with van der Waals surface area (Å²) in [5.74, 6) is -2.85. The van der Waals surface area contributed by atoms with Gasteiger partial charge in [0, 0.05) is 0 Å². The van der Waals surface area contributed by atoms with E-state index in [2.05, 4.69) is 44.2 Å². The van der Waals surface area contributed by atoms with E-state index in [0.717, 1.165) is 96.3 Å². The highest BCUT2D eigenvalue weighted by Gasteiger charge is 2.59. The Hall–Kier alpha value is -3.68. The van der Waals surface area contributed by atoms with Gasteiger partial charge < -0.3 is 20.4 Å². The second-order valence-electron chi connectivity index (χ2n) is 18.6. The predicted octanol–water partition coefficient (Wildman–Crippen LogP) is 10.6. The lowest BCUT2D eigenvalue weighted by atomic mass is 9.84. The van der Waals surface area contributed by atoms with Crippen LogP contribution < -0.4 is 0 Å². The highest BCUT2D eigenvalue weighted by Crippen LogP contribution is 2.58. The first kappa shape index (κ1) is 44.0. The number of carboxylic acids is 4. The highest BCUT2D eigenvalue weighted by atomic mass is 16.4. The molecule has 2 aliphatic rings. The van der Waals surface area contributed by atoms with Crippen LogP contribution in [0.25, 0.3) is 0 Å². The van der Waals surface area contributed by atoms with Crippen molar-refractivity contribution in [1.29, 1.82) is 0 Å². The molecule has 2 saturated carbocycles. The molecule has 8 nitrogen and oxygen atoms in total. The molecular formula is C47H68O8. The van der Waals surface area contributed by atoms with Crippen molar-refractivity contribution in [3.8, 4) is 0 Å². The lowest BCUT2D eigenvalue weighted by Crippen LogP contribution is -2.23.